The van der Waals surface area contributed by atoms with Gasteiger partial charge in [0.05, 0.1) is 0 Å². The first kappa shape index (κ1) is 24.6. The van der Waals surface area contributed by atoms with Gasteiger partial charge >= 0.3 is 16.6 Å². The summed E-state index contributed by atoms with van der Waals surface area (Å²) in [5.74, 6) is 0.203. The number of halogens is 2. The van der Waals surface area contributed by atoms with E-state index in [4.69, 9.17) is 14.2 Å². The first-order valence-corrected chi connectivity index (χ1v) is 11.3. The summed E-state index contributed by atoms with van der Waals surface area (Å²) < 4.78 is 15.9. The summed E-state index contributed by atoms with van der Waals surface area (Å²) in [7, 11) is 0. The van der Waals surface area contributed by atoms with Crippen LogP contribution in [-0.2, 0) is 19.0 Å². The normalized spacial score (nSPS) is 13.9. The Labute approximate surface area is 172 Å². The summed E-state index contributed by atoms with van der Waals surface area (Å²) in [6, 6.07) is 0. The molecular formula is C15H20Br2O6S2. The van der Waals surface area contributed by atoms with Crippen molar-refractivity contribution < 1.29 is 28.6 Å². The number of thioether (sulfide) groups is 2. The molecule has 10 heteroatoms. The van der Waals surface area contributed by atoms with Gasteiger partial charge in [0.1, 0.15) is 0 Å². The van der Waals surface area contributed by atoms with Crippen LogP contribution in [0.15, 0.2) is 25.3 Å². The van der Waals surface area contributed by atoms with Crippen molar-refractivity contribution >= 4 is 72.0 Å². The fourth-order valence-electron chi connectivity index (χ4n) is 1.52. The Morgan fingerprint density at radius 3 is 1.60 bits per heavy atom. The maximum absolute atomic E-state index is 11.8. The lowest BCUT2D eigenvalue weighted by Crippen LogP contribution is -2.46. The fraction of sp³-hybridized carbons (Fsp3) is 0.533. The van der Waals surface area contributed by atoms with Gasteiger partial charge in [-0.05, 0) is 23.5 Å². The summed E-state index contributed by atoms with van der Waals surface area (Å²) in [6.45, 7) is 8.28. The zero-order chi connectivity index (χ0) is 19.2. The van der Waals surface area contributed by atoms with E-state index in [0.29, 0.717) is 11.5 Å². The number of hydrogen-bond acceptors (Lipinski definition) is 8. The molecule has 0 N–H and O–H groups in total. The summed E-state index contributed by atoms with van der Waals surface area (Å²) in [5.41, 5.74) is 0. The molecule has 0 heterocycles. The molecule has 0 aliphatic heterocycles. The Balaban J connectivity index is 5.13. The monoisotopic (exact) mass is 518 g/mol. The van der Waals surface area contributed by atoms with Crippen LogP contribution in [0, 0.1) is 0 Å². The van der Waals surface area contributed by atoms with E-state index in [9.17, 15) is 14.4 Å². The van der Waals surface area contributed by atoms with Crippen LogP contribution in [0.25, 0.3) is 0 Å². The Hall–Kier alpha value is -0.450. The van der Waals surface area contributed by atoms with Crippen molar-refractivity contribution in [2.24, 2.45) is 0 Å². The van der Waals surface area contributed by atoms with Crippen LogP contribution in [0.5, 0.6) is 0 Å². The maximum atomic E-state index is 11.8. The Morgan fingerprint density at radius 2 is 1.32 bits per heavy atom. The van der Waals surface area contributed by atoms with Crippen LogP contribution >= 0.6 is 55.4 Å². The van der Waals surface area contributed by atoms with E-state index >= 15 is 0 Å². The van der Waals surface area contributed by atoms with Crippen molar-refractivity contribution in [1.82, 2.24) is 0 Å². The molecule has 3 atom stereocenters. The lowest BCUT2D eigenvalue weighted by Gasteiger charge is -2.30. The molecular weight excluding hydrogens is 500 g/mol. The summed E-state index contributed by atoms with van der Waals surface area (Å²) in [5, 5.41) is -0.678. The summed E-state index contributed by atoms with van der Waals surface area (Å²) >= 11 is 8.32. The van der Waals surface area contributed by atoms with Crippen LogP contribution in [0.3, 0.4) is 0 Å². The smallest absolute Gasteiger partial charge is 0.368 e. The minimum Gasteiger partial charge on any atom is -0.455 e. The molecule has 0 fully saturated rings. The van der Waals surface area contributed by atoms with Crippen LogP contribution < -0.4 is 0 Å². The maximum Gasteiger partial charge on any atom is 0.368 e. The van der Waals surface area contributed by atoms with E-state index in [-0.39, 0.29) is 10.7 Å². The van der Waals surface area contributed by atoms with Gasteiger partial charge in [-0.1, -0.05) is 44.0 Å². The Morgan fingerprint density at radius 1 is 0.920 bits per heavy atom. The van der Waals surface area contributed by atoms with E-state index in [2.05, 4.69) is 45.0 Å². The van der Waals surface area contributed by atoms with Crippen molar-refractivity contribution in [3.05, 3.63) is 25.3 Å². The average molecular weight is 520 g/mol. The van der Waals surface area contributed by atoms with Crippen molar-refractivity contribution in [1.29, 1.82) is 0 Å². The number of carbonyl (C=O) groups excluding carboxylic acids is 3. The zero-order valence-corrected chi connectivity index (χ0v) is 18.5. The largest absolute Gasteiger partial charge is 0.455 e. The molecule has 142 valence electrons. The van der Waals surface area contributed by atoms with Gasteiger partial charge in [0.15, 0.2) is 18.3 Å². The minimum absolute atomic E-state index is 0.201. The van der Waals surface area contributed by atoms with Gasteiger partial charge in [-0.3, -0.25) is 4.79 Å². The van der Waals surface area contributed by atoms with Gasteiger partial charge < -0.3 is 14.2 Å². The molecule has 1 unspecified atom stereocenters. The van der Waals surface area contributed by atoms with E-state index in [1.54, 1.807) is 12.2 Å². The predicted molar refractivity (Wildman–Crippen MR) is 109 cm³/mol. The number of ether oxygens (including phenoxy) is 3. The van der Waals surface area contributed by atoms with E-state index in [1.165, 1.54) is 6.92 Å². The third-order valence-corrected chi connectivity index (χ3v) is 5.22. The van der Waals surface area contributed by atoms with Crippen LogP contribution in [0.2, 0.25) is 0 Å². The van der Waals surface area contributed by atoms with Crippen molar-refractivity contribution in [2.45, 2.75) is 25.2 Å². The first-order chi connectivity index (χ1) is 11.9. The Kier molecular flexibility index (Phi) is 14.4. The van der Waals surface area contributed by atoms with Gasteiger partial charge in [-0.25, -0.2) is 9.59 Å². The van der Waals surface area contributed by atoms with Gasteiger partial charge in [0.2, 0.25) is 0 Å². The average Bonchev–Trinajstić information content (AvgIpc) is 2.58. The molecule has 0 aliphatic carbocycles. The van der Waals surface area contributed by atoms with Crippen LogP contribution in [0.1, 0.15) is 6.92 Å². The van der Waals surface area contributed by atoms with Crippen molar-refractivity contribution in [3.63, 3.8) is 0 Å². The fourth-order valence-corrected chi connectivity index (χ4v) is 3.42. The number of rotatable bonds is 11. The molecule has 0 spiro atoms. The summed E-state index contributed by atoms with van der Waals surface area (Å²) in [6.07, 6.45) is 0.525. The third kappa shape index (κ3) is 11.0. The number of carbonyl (C=O) groups is 3. The molecule has 0 rings (SSSR count). The lowest BCUT2D eigenvalue weighted by molar-refractivity contribution is -0.158. The second-order valence-corrected chi connectivity index (χ2v) is 7.60. The minimum atomic E-state index is -0.960. The van der Waals surface area contributed by atoms with Crippen LogP contribution in [-0.4, -0.2) is 57.0 Å². The highest BCUT2D eigenvalue weighted by atomic mass is 79.9. The number of hydrogen-bond donors (Lipinski definition) is 0. The molecule has 0 bridgehead atoms. The second-order valence-electron chi connectivity index (χ2n) is 4.39. The molecule has 0 saturated heterocycles. The third-order valence-electron chi connectivity index (χ3n) is 2.47. The van der Waals surface area contributed by atoms with Crippen molar-refractivity contribution in [3.8, 4) is 0 Å². The Bertz CT molecular complexity index is 441. The van der Waals surface area contributed by atoms with Gasteiger partial charge in [-0.15, -0.1) is 13.2 Å². The highest BCUT2D eigenvalue weighted by molar-refractivity contribution is 9.09. The van der Waals surface area contributed by atoms with Gasteiger partial charge in [0, 0.05) is 29.1 Å². The van der Waals surface area contributed by atoms with E-state index < -0.39 is 34.9 Å². The molecule has 0 amide bonds. The second kappa shape index (κ2) is 14.7. The zero-order valence-electron chi connectivity index (χ0n) is 13.7. The highest BCUT2D eigenvalue weighted by Crippen LogP contribution is 2.21. The van der Waals surface area contributed by atoms with Crippen molar-refractivity contribution in [2.75, 3.05) is 22.2 Å². The standard InChI is InChI=1S/C15H20Br2O6S2/c1-4-6-24-14(19)22-11(8-16)13(21-10(3)18)12(9-17)23-15(20)25-7-5-2/h4-5,11-13H,1-2,6-9H2,3H3/t11-,12+,13?. The first-order valence-electron chi connectivity index (χ1n) is 7.07. The topological polar surface area (TPSA) is 78.9 Å². The van der Waals surface area contributed by atoms with Gasteiger partial charge in [0.25, 0.3) is 0 Å². The molecule has 25 heavy (non-hydrogen) atoms. The highest BCUT2D eigenvalue weighted by Gasteiger charge is 2.36. The van der Waals surface area contributed by atoms with Crippen LogP contribution in [0.4, 0.5) is 9.59 Å². The molecule has 0 aromatic carbocycles. The molecule has 0 saturated carbocycles. The molecule has 0 aromatic heterocycles. The van der Waals surface area contributed by atoms with Gasteiger partial charge in [-0.2, -0.15) is 0 Å². The molecule has 0 aromatic rings. The molecule has 0 aliphatic rings. The van der Waals surface area contributed by atoms with E-state index in [0.717, 1.165) is 23.5 Å². The van der Waals surface area contributed by atoms with E-state index in [1.807, 2.05) is 0 Å². The summed E-state index contributed by atoms with van der Waals surface area (Å²) in [4.78, 5) is 35.1. The number of esters is 1. The molecule has 6 nitrogen and oxygen atoms in total. The lowest BCUT2D eigenvalue weighted by atomic mass is 10.1. The molecule has 0 radical (unpaired) electrons. The predicted octanol–water partition coefficient (Wildman–Crippen LogP) is 4.56. The number of alkyl halides is 2. The SMILES string of the molecule is C=CCSC(=O)O[C@@H](CBr)C(OC(C)=O)[C@@H](CBr)OC(=O)SCC=C. The quantitative estimate of drug-likeness (QED) is 0.170.